The number of rotatable bonds is 4. The highest BCUT2D eigenvalue weighted by atomic mass is 16.5. The summed E-state index contributed by atoms with van der Waals surface area (Å²) >= 11 is 0. The van der Waals surface area contributed by atoms with Crippen LogP contribution in [0, 0.1) is 6.92 Å². The largest absolute Gasteiger partial charge is 0.377 e. The fourth-order valence-electron chi connectivity index (χ4n) is 2.21. The molecule has 1 atom stereocenters. The molecule has 1 fully saturated rings. The fraction of sp³-hybridized carbons (Fsp3) is 0.615. The molecule has 0 saturated carbocycles. The van der Waals surface area contributed by atoms with Crippen LogP contribution in [0.25, 0.3) is 0 Å². The van der Waals surface area contributed by atoms with E-state index in [1.165, 1.54) is 0 Å². The number of hydrogen-bond donors (Lipinski definition) is 2. The smallest absolute Gasteiger partial charge is 0.245 e. The highest BCUT2D eigenvalue weighted by Crippen LogP contribution is 2.22. The number of aromatic nitrogens is 2. The van der Waals surface area contributed by atoms with Gasteiger partial charge in [-0.3, -0.25) is 4.79 Å². The lowest BCUT2D eigenvalue weighted by molar-refractivity contribution is -0.124. The number of amides is 1. The number of hydrogen-bond acceptors (Lipinski definition) is 6. The molecule has 1 saturated heterocycles. The molecule has 0 aliphatic carbocycles. The van der Waals surface area contributed by atoms with Crippen LogP contribution in [0.5, 0.6) is 0 Å². The van der Waals surface area contributed by atoms with Crippen molar-refractivity contribution in [2.75, 3.05) is 43.6 Å². The molecule has 0 spiro atoms. The Labute approximate surface area is 118 Å². The Morgan fingerprint density at radius 2 is 2.40 bits per heavy atom. The molecular weight excluding hydrogens is 258 g/mol. The van der Waals surface area contributed by atoms with Gasteiger partial charge in [-0.25, -0.2) is 4.98 Å². The third-order valence-corrected chi connectivity index (χ3v) is 3.22. The summed E-state index contributed by atoms with van der Waals surface area (Å²) in [4.78, 5) is 22.8. The quantitative estimate of drug-likeness (QED) is 0.818. The molecule has 1 aliphatic heterocycles. The van der Waals surface area contributed by atoms with Gasteiger partial charge in [0.15, 0.2) is 0 Å². The van der Waals surface area contributed by atoms with E-state index in [0.717, 1.165) is 11.4 Å². The first-order valence-corrected chi connectivity index (χ1v) is 6.80. The van der Waals surface area contributed by atoms with Crippen molar-refractivity contribution in [3.8, 4) is 0 Å². The minimum atomic E-state index is -0.345. The number of nitrogens with zero attached hydrogens (tertiary/aromatic N) is 3. The maximum atomic E-state index is 12.2. The zero-order chi connectivity index (χ0) is 14.5. The van der Waals surface area contributed by atoms with Crippen molar-refractivity contribution in [2.45, 2.75) is 19.9 Å². The highest BCUT2D eigenvalue weighted by molar-refractivity contribution is 5.85. The first-order chi connectivity index (χ1) is 9.67. The summed E-state index contributed by atoms with van der Waals surface area (Å²) in [7, 11) is 1.77. The maximum Gasteiger partial charge on any atom is 0.245 e. The molecule has 1 amide bonds. The molecule has 7 nitrogen and oxygen atoms in total. The van der Waals surface area contributed by atoms with E-state index in [-0.39, 0.29) is 11.9 Å². The minimum Gasteiger partial charge on any atom is -0.377 e. The zero-order valence-corrected chi connectivity index (χ0v) is 12.1. The Hall–Kier alpha value is -1.89. The van der Waals surface area contributed by atoms with Crippen LogP contribution < -0.4 is 15.5 Å². The Morgan fingerprint density at radius 1 is 1.60 bits per heavy atom. The second kappa shape index (κ2) is 6.51. The number of aryl methyl sites for hydroxylation is 1. The molecule has 1 aromatic heterocycles. The predicted molar refractivity (Wildman–Crippen MR) is 77.0 cm³/mol. The topological polar surface area (TPSA) is 79.4 Å². The fourth-order valence-corrected chi connectivity index (χ4v) is 2.21. The molecule has 7 heteroatoms. The van der Waals surface area contributed by atoms with Gasteiger partial charge in [0.2, 0.25) is 11.9 Å². The summed E-state index contributed by atoms with van der Waals surface area (Å²) in [6, 6.07) is -0.345. The normalized spacial score (nSPS) is 18.8. The van der Waals surface area contributed by atoms with E-state index < -0.39 is 0 Å². The van der Waals surface area contributed by atoms with E-state index in [4.69, 9.17) is 4.74 Å². The first kappa shape index (κ1) is 14.5. The van der Waals surface area contributed by atoms with Crippen LogP contribution >= 0.6 is 0 Å². The minimum absolute atomic E-state index is 0.0313. The molecule has 1 aliphatic rings. The molecule has 2 rings (SSSR count). The molecule has 0 radical (unpaired) electrons. The van der Waals surface area contributed by atoms with Crippen LogP contribution in [0.1, 0.15) is 12.5 Å². The number of ether oxygens (including phenoxy) is 1. The average Bonchev–Trinajstić information content (AvgIpc) is 2.48. The van der Waals surface area contributed by atoms with Gasteiger partial charge >= 0.3 is 0 Å². The lowest BCUT2D eigenvalue weighted by Crippen LogP contribution is -2.54. The summed E-state index contributed by atoms with van der Waals surface area (Å²) in [5.74, 6) is 1.30. The molecule has 110 valence electrons. The van der Waals surface area contributed by atoms with Gasteiger partial charge in [0, 0.05) is 31.9 Å². The van der Waals surface area contributed by atoms with Gasteiger partial charge in [0.25, 0.3) is 0 Å². The number of carbonyl (C=O) groups excluding carboxylic acids is 1. The summed E-state index contributed by atoms with van der Waals surface area (Å²) < 4.78 is 5.44. The number of morpholine rings is 1. The van der Waals surface area contributed by atoms with E-state index in [0.29, 0.717) is 32.3 Å². The second-order valence-electron chi connectivity index (χ2n) is 4.63. The molecule has 20 heavy (non-hydrogen) atoms. The SMILES string of the molecule is CCNC(=O)C1COCCN1c1nc(NC)ncc1C. The maximum absolute atomic E-state index is 12.2. The number of nitrogens with one attached hydrogen (secondary N) is 2. The van der Waals surface area contributed by atoms with Crippen LogP contribution in [0.3, 0.4) is 0 Å². The Bertz CT molecular complexity index is 480. The van der Waals surface area contributed by atoms with Crippen molar-refractivity contribution in [1.29, 1.82) is 0 Å². The van der Waals surface area contributed by atoms with Gasteiger partial charge in [-0.15, -0.1) is 0 Å². The van der Waals surface area contributed by atoms with Crippen LogP contribution in [-0.4, -0.2) is 55.3 Å². The van der Waals surface area contributed by atoms with Crippen molar-refractivity contribution in [3.63, 3.8) is 0 Å². The van der Waals surface area contributed by atoms with Crippen LogP contribution in [0.4, 0.5) is 11.8 Å². The van der Waals surface area contributed by atoms with Crippen molar-refractivity contribution < 1.29 is 9.53 Å². The molecular formula is C13H21N5O2. The summed E-state index contributed by atoms with van der Waals surface area (Å²) in [5, 5.41) is 5.77. The summed E-state index contributed by atoms with van der Waals surface area (Å²) in [6.45, 7) is 6.06. The van der Waals surface area contributed by atoms with E-state index >= 15 is 0 Å². The molecule has 0 aromatic carbocycles. The number of likely N-dealkylation sites (N-methyl/N-ethyl adjacent to an activating group) is 1. The standard InChI is InChI=1S/C13H21N5O2/c1-4-15-12(19)10-8-20-6-5-18(10)11-9(2)7-16-13(14-3)17-11/h7,10H,4-6,8H2,1-3H3,(H,15,19)(H,14,16,17). The van der Waals surface area contributed by atoms with E-state index in [9.17, 15) is 4.79 Å². The molecule has 1 aromatic rings. The van der Waals surface area contributed by atoms with Gasteiger partial charge in [-0.05, 0) is 13.8 Å². The van der Waals surface area contributed by atoms with Crippen molar-refractivity contribution >= 4 is 17.7 Å². The summed E-state index contributed by atoms with van der Waals surface area (Å²) in [5.41, 5.74) is 0.945. The van der Waals surface area contributed by atoms with Gasteiger partial charge in [-0.2, -0.15) is 4.98 Å². The molecule has 2 heterocycles. The molecule has 2 N–H and O–H groups in total. The van der Waals surface area contributed by atoms with E-state index in [1.807, 2.05) is 18.7 Å². The number of anilines is 2. The van der Waals surface area contributed by atoms with Crippen molar-refractivity contribution in [1.82, 2.24) is 15.3 Å². The summed E-state index contributed by atoms with van der Waals surface area (Å²) in [6.07, 6.45) is 1.76. The Balaban J connectivity index is 2.29. The highest BCUT2D eigenvalue weighted by Gasteiger charge is 2.31. The van der Waals surface area contributed by atoms with E-state index in [1.54, 1.807) is 13.2 Å². The third-order valence-electron chi connectivity index (χ3n) is 3.22. The van der Waals surface area contributed by atoms with Crippen molar-refractivity contribution in [2.24, 2.45) is 0 Å². The second-order valence-corrected chi connectivity index (χ2v) is 4.63. The van der Waals surface area contributed by atoms with Crippen LogP contribution in [0.2, 0.25) is 0 Å². The Kier molecular flexibility index (Phi) is 4.73. The number of carbonyl (C=O) groups is 1. The molecule has 0 bridgehead atoms. The van der Waals surface area contributed by atoms with Crippen LogP contribution in [0.15, 0.2) is 6.20 Å². The predicted octanol–water partition coefficient (Wildman–Crippen LogP) is 0.168. The van der Waals surface area contributed by atoms with E-state index in [2.05, 4.69) is 20.6 Å². The molecule has 1 unspecified atom stereocenters. The zero-order valence-electron chi connectivity index (χ0n) is 12.1. The van der Waals surface area contributed by atoms with Crippen LogP contribution in [-0.2, 0) is 9.53 Å². The monoisotopic (exact) mass is 279 g/mol. The van der Waals surface area contributed by atoms with Gasteiger partial charge in [-0.1, -0.05) is 0 Å². The first-order valence-electron chi connectivity index (χ1n) is 6.80. The lowest BCUT2D eigenvalue weighted by atomic mass is 10.2. The van der Waals surface area contributed by atoms with Crippen molar-refractivity contribution in [3.05, 3.63) is 11.8 Å². The van der Waals surface area contributed by atoms with Gasteiger partial charge < -0.3 is 20.3 Å². The van der Waals surface area contributed by atoms with Gasteiger partial charge in [0.05, 0.1) is 13.2 Å². The average molecular weight is 279 g/mol. The lowest BCUT2D eigenvalue weighted by Gasteiger charge is -2.36. The third kappa shape index (κ3) is 2.98. The Morgan fingerprint density at radius 3 is 3.10 bits per heavy atom. The van der Waals surface area contributed by atoms with Gasteiger partial charge in [0.1, 0.15) is 11.9 Å².